The van der Waals surface area contributed by atoms with E-state index in [2.05, 4.69) is 74.8 Å². The van der Waals surface area contributed by atoms with Crippen LogP contribution >= 0.6 is 0 Å². The van der Waals surface area contributed by atoms with E-state index in [4.69, 9.17) is 4.98 Å². The highest BCUT2D eigenvalue weighted by atomic mass is 15.2. The van der Waals surface area contributed by atoms with Crippen LogP contribution in [0.4, 0.5) is 23.1 Å². The lowest BCUT2D eigenvalue weighted by molar-refractivity contribution is 0.433. The van der Waals surface area contributed by atoms with Crippen molar-refractivity contribution in [3.8, 4) is 0 Å². The standard InChI is InChI=1S/C29H35N7/c1-4-22-10-11-26-23(19-31-27(26)16-22)12-13-30-28-20(2)18-32-29(35-28)34-25-9-7-8-24(17-25)33-21(3)36-14-5-6-15-36/h7-11,16-19,31,33H,3-6,12-15H2,1-2H3,(H2,30,32,34,35). The molecule has 3 heterocycles. The van der Waals surface area contributed by atoms with E-state index in [1.54, 1.807) is 0 Å². The molecule has 2 aromatic heterocycles. The summed E-state index contributed by atoms with van der Waals surface area (Å²) in [5, 5.41) is 11.6. The molecule has 0 atom stereocenters. The first-order valence-corrected chi connectivity index (χ1v) is 12.8. The summed E-state index contributed by atoms with van der Waals surface area (Å²) in [5.41, 5.74) is 6.80. The summed E-state index contributed by atoms with van der Waals surface area (Å²) < 4.78 is 0. The Labute approximate surface area is 213 Å². The second-order valence-corrected chi connectivity index (χ2v) is 9.42. The molecule has 2 aromatic carbocycles. The first kappa shape index (κ1) is 23.7. The highest BCUT2D eigenvalue weighted by Gasteiger charge is 2.13. The van der Waals surface area contributed by atoms with Crippen molar-refractivity contribution in [1.82, 2.24) is 19.9 Å². The minimum atomic E-state index is 0.567. The molecule has 36 heavy (non-hydrogen) atoms. The molecule has 1 aliphatic heterocycles. The van der Waals surface area contributed by atoms with Crippen LogP contribution in [0.25, 0.3) is 10.9 Å². The van der Waals surface area contributed by atoms with E-state index in [1.165, 1.54) is 34.9 Å². The number of rotatable bonds is 10. The third-order valence-corrected chi connectivity index (χ3v) is 6.79. The van der Waals surface area contributed by atoms with E-state index in [1.807, 2.05) is 31.3 Å². The molecule has 0 unspecified atom stereocenters. The maximum atomic E-state index is 4.74. The van der Waals surface area contributed by atoms with E-state index in [0.717, 1.165) is 61.1 Å². The van der Waals surface area contributed by atoms with Crippen LogP contribution in [0, 0.1) is 6.92 Å². The van der Waals surface area contributed by atoms with Gasteiger partial charge in [-0.1, -0.05) is 31.7 Å². The molecule has 0 bridgehead atoms. The van der Waals surface area contributed by atoms with Crippen molar-refractivity contribution in [2.24, 2.45) is 0 Å². The Bertz CT molecular complexity index is 1350. The van der Waals surface area contributed by atoms with E-state index < -0.39 is 0 Å². The van der Waals surface area contributed by atoms with E-state index in [9.17, 15) is 0 Å². The molecule has 0 aliphatic carbocycles. The fourth-order valence-corrected chi connectivity index (χ4v) is 4.69. The molecule has 4 N–H and O–H groups in total. The van der Waals surface area contributed by atoms with Gasteiger partial charge in [0.2, 0.25) is 5.95 Å². The number of hydrogen-bond donors (Lipinski definition) is 4. The van der Waals surface area contributed by atoms with E-state index >= 15 is 0 Å². The van der Waals surface area contributed by atoms with Gasteiger partial charge in [-0.3, -0.25) is 0 Å². The Morgan fingerprint density at radius 3 is 2.78 bits per heavy atom. The van der Waals surface area contributed by atoms with Gasteiger partial charge < -0.3 is 25.8 Å². The van der Waals surface area contributed by atoms with Crippen molar-refractivity contribution in [2.45, 2.75) is 39.5 Å². The Morgan fingerprint density at radius 2 is 1.94 bits per heavy atom. The van der Waals surface area contributed by atoms with Crippen molar-refractivity contribution in [3.05, 3.63) is 83.9 Å². The highest BCUT2D eigenvalue weighted by molar-refractivity contribution is 5.83. The molecule has 0 amide bonds. The smallest absolute Gasteiger partial charge is 0.229 e. The van der Waals surface area contributed by atoms with Crippen LogP contribution in [-0.2, 0) is 12.8 Å². The van der Waals surface area contributed by atoms with Crippen molar-refractivity contribution in [1.29, 1.82) is 0 Å². The van der Waals surface area contributed by atoms with Crippen LogP contribution in [-0.4, -0.2) is 39.5 Å². The molecular formula is C29H35N7. The molecular weight excluding hydrogens is 446 g/mol. The molecule has 1 saturated heterocycles. The molecule has 186 valence electrons. The van der Waals surface area contributed by atoms with E-state index in [0.29, 0.717) is 5.95 Å². The van der Waals surface area contributed by atoms with Gasteiger partial charge in [0.15, 0.2) is 0 Å². The van der Waals surface area contributed by atoms with Crippen molar-refractivity contribution < 1.29 is 0 Å². The SMILES string of the molecule is C=C(Nc1cccc(Nc2ncc(C)c(NCCc3c[nH]c4cc(CC)ccc34)n2)c1)N1CCCC1. The molecule has 7 nitrogen and oxygen atoms in total. The van der Waals surface area contributed by atoms with Crippen LogP contribution in [0.1, 0.15) is 36.5 Å². The molecule has 4 aromatic rings. The number of benzene rings is 2. The van der Waals surface area contributed by atoms with Gasteiger partial charge in [0.05, 0.1) is 5.82 Å². The zero-order chi connectivity index (χ0) is 24.9. The van der Waals surface area contributed by atoms with Gasteiger partial charge in [-0.05, 0) is 68.0 Å². The summed E-state index contributed by atoms with van der Waals surface area (Å²) in [6.07, 6.45) is 8.38. The average Bonchev–Trinajstić information content (AvgIpc) is 3.56. The number of aromatic nitrogens is 3. The maximum Gasteiger partial charge on any atom is 0.229 e. The lowest BCUT2D eigenvalue weighted by atomic mass is 10.1. The lowest BCUT2D eigenvalue weighted by Gasteiger charge is -2.21. The predicted molar refractivity (Wildman–Crippen MR) is 150 cm³/mol. The average molecular weight is 482 g/mol. The molecule has 7 heteroatoms. The zero-order valence-corrected chi connectivity index (χ0v) is 21.2. The third kappa shape index (κ3) is 5.46. The summed E-state index contributed by atoms with van der Waals surface area (Å²) in [6.45, 7) is 11.3. The molecule has 0 saturated carbocycles. The van der Waals surface area contributed by atoms with Crippen molar-refractivity contribution >= 4 is 34.0 Å². The second-order valence-electron chi connectivity index (χ2n) is 9.42. The Balaban J connectivity index is 1.21. The predicted octanol–water partition coefficient (Wildman–Crippen LogP) is 6.21. The number of nitrogens with zero attached hydrogens (tertiary/aromatic N) is 3. The van der Waals surface area contributed by atoms with Crippen molar-refractivity contribution in [3.63, 3.8) is 0 Å². The van der Waals surface area contributed by atoms with E-state index in [-0.39, 0.29) is 0 Å². The van der Waals surface area contributed by atoms with Crippen LogP contribution < -0.4 is 16.0 Å². The zero-order valence-electron chi connectivity index (χ0n) is 21.2. The molecule has 1 aliphatic rings. The van der Waals surface area contributed by atoms with Gasteiger partial charge in [-0.25, -0.2) is 4.98 Å². The summed E-state index contributed by atoms with van der Waals surface area (Å²) in [5.74, 6) is 2.36. The number of H-pyrrole nitrogens is 1. The van der Waals surface area contributed by atoms with Gasteiger partial charge in [-0.15, -0.1) is 0 Å². The number of hydrogen-bond acceptors (Lipinski definition) is 6. The van der Waals surface area contributed by atoms with Gasteiger partial charge in [0, 0.05) is 59.9 Å². The quantitative estimate of drug-likeness (QED) is 0.216. The van der Waals surface area contributed by atoms with Gasteiger partial charge in [-0.2, -0.15) is 4.98 Å². The Kier molecular flexibility index (Phi) is 7.07. The summed E-state index contributed by atoms with van der Waals surface area (Å²) in [4.78, 5) is 14.9. The van der Waals surface area contributed by atoms with Gasteiger partial charge >= 0.3 is 0 Å². The molecule has 0 spiro atoms. The third-order valence-electron chi connectivity index (χ3n) is 6.79. The second kappa shape index (κ2) is 10.7. The Morgan fingerprint density at radius 1 is 1.11 bits per heavy atom. The number of anilines is 4. The first-order valence-electron chi connectivity index (χ1n) is 12.8. The topological polar surface area (TPSA) is 80.9 Å². The molecule has 5 rings (SSSR count). The minimum Gasteiger partial charge on any atom is -0.369 e. The Hall–Kier alpha value is -4.00. The molecule has 0 radical (unpaired) electrons. The minimum absolute atomic E-state index is 0.567. The summed E-state index contributed by atoms with van der Waals surface area (Å²) in [6, 6.07) is 14.8. The first-order chi connectivity index (χ1) is 17.6. The highest BCUT2D eigenvalue weighted by Crippen LogP contribution is 2.23. The van der Waals surface area contributed by atoms with Crippen molar-refractivity contribution in [2.75, 3.05) is 35.6 Å². The van der Waals surface area contributed by atoms with Gasteiger partial charge in [0.25, 0.3) is 0 Å². The van der Waals surface area contributed by atoms with Crippen LogP contribution in [0.3, 0.4) is 0 Å². The van der Waals surface area contributed by atoms with Gasteiger partial charge in [0.1, 0.15) is 5.82 Å². The fraction of sp³-hybridized carbons (Fsp3) is 0.310. The normalized spacial score (nSPS) is 13.2. The number of likely N-dealkylation sites (tertiary alicyclic amines) is 1. The summed E-state index contributed by atoms with van der Waals surface area (Å²) in [7, 11) is 0. The lowest BCUT2D eigenvalue weighted by Crippen LogP contribution is -2.22. The fourth-order valence-electron chi connectivity index (χ4n) is 4.69. The largest absolute Gasteiger partial charge is 0.369 e. The van der Waals surface area contributed by atoms with Crippen LogP contribution in [0.15, 0.2) is 67.3 Å². The summed E-state index contributed by atoms with van der Waals surface area (Å²) >= 11 is 0. The number of fused-ring (bicyclic) bond motifs is 1. The van der Waals surface area contributed by atoms with Crippen LogP contribution in [0.5, 0.6) is 0 Å². The number of aryl methyl sites for hydroxylation is 2. The van der Waals surface area contributed by atoms with Crippen LogP contribution in [0.2, 0.25) is 0 Å². The molecule has 1 fully saturated rings. The maximum absolute atomic E-state index is 4.74. The number of aromatic amines is 1. The number of nitrogens with one attached hydrogen (secondary N) is 4. The monoisotopic (exact) mass is 481 g/mol.